The molecule has 0 spiro atoms. The molecule has 2 N–H and O–H groups in total. The molecule has 0 aliphatic carbocycles. The van der Waals surface area contributed by atoms with E-state index < -0.39 is 6.61 Å². The summed E-state index contributed by atoms with van der Waals surface area (Å²) in [5, 5.41) is 0. The first-order valence-corrected chi connectivity index (χ1v) is 6.96. The summed E-state index contributed by atoms with van der Waals surface area (Å²) in [6.45, 7) is -0.509. The lowest BCUT2D eigenvalue weighted by Gasteiger charge is -2.28. The van der Waals surface area contributed by atoms with Crippen molar-refractivity contribution in [1.29, 1.82) is 0 Å². The second kappa shape index (κ2) is 6.23. The van der Waals surface area contributed by atoms with Crippen LogP contribution in [0.2, 0.25) is 0 Å². The number of nitrogens with two attached hydrogens (primary N) is 1. The molecule has 22 heavy (non-hydrogen) atoms. The molecule has 7 heteroatoms. The summed E-state index contributed by atoms with van der Waals surface area (Å²) in [6, 6.07) is 6.70. The molecule has 0 radical (unpaired) electrons. The lowest BCUT2D eigenvalue weighted by Crippen LogP contribution is -2.31. The van der Waals surface area contributed by atoms with E-state index in [1.54, 1.807) is 24.3 Å². The Labute approximate surface area is 126 Å². The largest absolute Gasteiger partial charge is 0.435 e. The van der Waals surface area contributed by atoms with Crippen LogP contribution in [0.25, 0.3) is 0 Å². The van der Waals surface area contributed by atoms with Crippen molar-refractivity contribution in [2.45, 2.75) is 26.1 Å². The summed E-state index contributed by atoms with van der Waals surface area (Å²) in [5.74, 6) is 0.724. The highest BCUT2D eigenvalue weighted by atomic mass is 19.3. The van der Waals surface area contributed by atoms with Crippen LogP contribution in [0.3, 0.4) is 0 Å². The fourth-order valence-corrected chi connectivity index (χ4v) is 2.60. The van der Waals surface area contributed by atoms with E-state index in [0.717, 1.165) is 36.3 Å². The van der Waals surface area contributed by atoms with Crippen molar-refractivity contribution in [3.63, 3.8) is 0 Å². The van der Waals surface area contributed by atoms with Gasteiger partial charge in [-0.3, -0.25) is 4.90 Å². The van der Waals surface area contributed by atoms with Crippen LogP contribution in [-0.4, -0.2) is 28.0 Å². The van der Waals surface area contributed by atoms with Crippen molar-refractivity contribution in [2.75, 3.05) is 12.3 Å². The van der Waals surface area contributed by atoms with Gasteiger partial charge < -0.3 is 10.5 Å². The van der Waals surface area contributed by atoms with Crippen LogP contribution in [0.15, 0.2) is 30.6 Å². The van der Waals surface area contributed by atoms with Crippen LogP contribution in [0, 0.1) is 0 Å². The van der Waals surface area contributed by atoms with Gasteiger partial charge in [0.25, 0.3) is 0 Å². The Morgan fingerprint density at radius 1 is 1.23 bits per heavy atom. The highest BCUT2D eigenvalue weighted by Gasteiger charge is 2.19. The number of hydrogen-bond donors (Lipinski definition) is 1. The van der Waals surface area contributed by atoms with Crippen LogP contribution in [0.4, 0.5) is 14.6 Å². The van der Waals surface area contributed by atoms with Crippen molar-refractivity contribution in [3.05, 3.63) is 47.4 Å². The van der Waals surface area contributed by atoms with Crippen molar-refractivity contribution in [2.24, 2.45) is 0 Å². The predicted molar refractivity (Wildman–Crippen MR) is 77.3 cm³/mol. The number of aromatic nitrogens is 2. The predicted octanol–water partition coefficient (Wildman–Crippen LogP) is 2.22. The average molecular weight is 306 g/mol. The molecule has 0 atom stereocenters. The number of nitrogen functional groups attached to an aromatic ring is 1. The fraction of sp³-hybridized carbons (Fsp3) is 0.333. The van der Waals surface area contributed by atoms with E-state index in [4.69, 9.17) is 5.73 Å². The molecule has 116 valence electrons. The molecule has 0 unspecified atom stereocenters. The number of rotatable bonds is 4. The first-order chi connectivity index (χ1) is 10.6. The normalized spacial score (nSPS) is 14.9. The number of anilines is 1. The number of nitrogens with zero attached hydrogens (tertiary/aromatic N) is 3. The van der Waals surface area contributed by atoms with Gasteiger partial charge in [0.2, 0.25) is 0 Å². The second-order valence-corrected chi connectivity index (χ2v) is 5.17. The smallest absolute Gasteiger partial charge is 0.387 e. The summed E-state index contributed by atoms with van der Waals surface area (Å²) < 4.78 is 28.6. The summed E-state index contributed by atoms with van der Waals surface area (Å²) in [6.07, 6.45) is 2.29. The van der Waals surface area contributed by atoms with Crippen molar-refractivity contribution in [3.8, 4) is 5.75 Å². The van der Waals surface area contributed by atoms with Crippen molar-refractivity contribution >= 4 is 5.82 Å². The van der Waals surface area contributed by atoms with Gasteiger partial charge in [0.1, 0.15) is 17.9 Å². The average Bonchev–Trinajstić information content (AvgIpc) is 2.49. The SMILES string of the molecule is Nc1ncnc2c1CCN(Cc1ccc(OC(F)F)cc1)C2. The minimum absolute atomic E-state index is 0.170. The third kappa shape index (κ3) is 3.30. The zero-order valence-electron chi connectivity index (χ0n) is 11.9. The maximum atomic E-state index is 12.1. The summed E-state index contributed by atoms with van der Waals surface area (Å²) in [5.41, 5.74) is 8.87. The first kappa shape index (κ1) is 14.6. The molecule has 0 saturated heterocycles. The zero-order chi connectivity index (χ0) is 15.5. The Hall–Kier alpha value is -2.28. The Balaban J connectivity index is 1.65. The van der Waals surface area contributed by atoms with E-state index in [2.05, 4.69) is 19.6 Å². The molecule has 0 fully saturated rings. The summed E-state index contributed by atoms with van der Waals surface area (Å²) in [7, 11) is 0. The minimum Gasteiger partial charge on any atom is -0.435 e. The molecule has 3 rings (SSSR count). The highest BCUT2D eigenvalue weighted by Crippen LogP contribution is 2.22. The van der Waals surface area contributed by atoms with Crippen LogP contribution in [0.5, 0.6) is 5.75 Å². The van der Waals surface area contributed by atoms with Gasteiger partial charge in [0.15, 0.2) is 0 Å². The fourth-order valence-electron chi connectivity index (χ4n) is 2.60. The van der Waals surface area contributed by atoms with Gasteiger partial charge in [-0.25, -0.2) is 9.97 Å². The molecule has 5 nitrogen and oxygen atoms in total. The first-order valence-electron chi connectivity index (χ1n) is 6.96. The Morgan fingerprint density at radius 2 is 2.00 bits per heavy atom. The van der Waals surface area contributed by atoms with E-state index in [-0.39, 0.29) is 5.75 Å². The van der Waals surface area contributed by atoms with Gasteiger partial charge in [0, 0.05) is 25.2 Å². The number of hydrogen-bond acceptors (Lipinski definition) is 5. The minimum atomic E-state index is -2.80. The number of fused-ring (bicyclic) bond motifs is 1. The molecule has 1 aliphatic heterocycles. The molecule has 1 aromatic carbocycles. The zero-order valence-corrected chi connectivity index (χ0v) is 11.9. The number of benzene rings is 1. The molecule has 2 heterocycles. The molecule has 0 bridgehead atoms. The highest BCUT2D eigenvalue weighted by molar-refractivity contribution is 5.42. The maximum absolute atomic E-state index is 12.1. The van der Waals surface area contributed by atoms with Gasteiger partial charge in [-0.15, -0.1) is 0 Å². The quantitative estimate of drug-likeness (QED) is 0.938. The molecule has 2 aromatic rings. The van der Waals surface area contributed by atoms with E-state index in [0.29, 0.717) is 12.4 Å². The van der Waals surface area contributed by atoms with Gasteiger partial charge in [0.05, 0.1) is 5.69 Å². The topological polar surface area (TPSA) is 64.3 Å². The van der Waals surface area contributed by atoms with Crippen LogP contribution in [-0.2, 0) is 19.5 Å². The third-order valence-corrected chi connectivity index (χ3v) is 3.67. The molecular formula is C15H16F2N4O. The van der Waals surface area contributed by atoms with Gasteiger partial charge in [-0.2, -0.15) is 8.78 Å². The summed E-state index contributed by atoms with van der Waals surface area (Å²) >= 11 is 0. The van der Waals surface area contributed by atoms with E-state index >= 15 is 0 Å². The Morgan fingerprint density at radius 3 is 2.73 bits per heavy atom. The van der Waals surface area contributed by atoms with E-state index in [1.165, 1.54) is 6.33 Å². The summed E-state index contributed by atoms with van der Waals surface area (Å²) in [4.78, 5) is 10.5. The molecule has 0 amide bonds. The number of alkyl halides is 2. The molecular weight excluding hydrogens is 290 g/mol. The Bertz CT molecular complexity index is 648. The van der Waals surface area contributed by atoms with Gasteiger partial charge in [-0.05, 0) is 24.1 Å². The lowest BCUT2D eigenvalue weighted by molar-refractivity contribution is -0.0498. The van der Waals surface area contributed by atoms with Crippen molar-refractivity contribution in [1.82, 2.24) is 14.9 Å². The van der Waals surface area contributed by atoms with Crippen LogP contribution >= 0.6 is 0 Å². The molecule has 1 aliphatic rings. The van der Waals surface area contributed by atoms with Crippen LogP contribution < -0.4 is 10.5 Å². The van der Waals surface area contributed by atoms with Crippen LogP contribution in [0.1, 0.15) is 16.8 Å². The van der Waals surface area contributed by atoms with Gasteiger partial charge in [-0.1, -0.05) is 12.1 Å². The number of ether oxygens (including phenoxy) is 1. The standard InChI is InChI=1S/C15H16F2N4O/c16-15(17)22-11-3-1-10(2-4-11)7-21-6-5-12-13(8-21)19-9-20-14(12)18/h1-4,9,15H,5-8H2,(H2,18,19,20). The van der Waals surface area contributed by atoms with Crippen molar-refractivity contribution < 1.29 is 13.5 Å². The van der Waals surface area contributed by atoms with Gasteiger partial charge >= 0.3 is 6.61 Å². The maximum Gasteiger partial charge on any atom is 0.387 e. The third-order valence-electron chi connectivity index (χ3n) is 3.67. The van der Waals surface area contributed by atoms with E-state index in [9.17, 15) is 8.78 Å². The molecule has 0 saturated carbocycles. The number of halogens is 2. The van der Waals surface area contributed by atoms with E-state index in [1.807, 2.05) is 0 Å². The molecule has 1 aromatic heterocycles. The lowest BCUT2D eigenvalue weighted by atomic mass is 10.0. The monoisotopic (exact) mass is 306 g/mol. The second-order valence-electron chi connectivity index (χ2n) is 5.17. The Kier molecular flexibility index (Phi) is 4.15.